The minimum atomic E-state index is -0.144. The summed E-state index contributed by atoms with van der Waals surface area (Å²) < 4.78 is 1.71. The van der Waals surface area contributed by atoms with E-state index < -0.39 is 0 Å². The molecule has 1 heterocycles. The quantitative estimate of drug-likeness (QED) is 0.788. The number of halogens is 1. The lowest BCUT2D eigenvalue weighted by Gasteiger charge is -2.30. The van der Waals surface area contributed by atoms with Gasteiger partial charge in [-0.3, -0.25) is 14.4 Å². The fourth-order valence-electron chi connectivity index (χ4n) is 2.78. The van der Waals surface area contributed by atoms with Gasteiger partial charge in [-0.1, -0.05) is 25.4 Å². The summed E-state index contributed by atoms with van der Waals surface area (Å²) in [5, 5.41) is 7.78. The third-order valence-electron chi connectivity index (χ3n) is 3.81. The first-order valence-electron chi connectivity index (χ1n) is 8.42. The molecule has 0 aliphatic rings. The number of amides is 1. The Kier molecular flexibility index (Phi) is 7.55. The number of rotatable bonds is 8. The van der Waals surface area contributed by atoms with Gasteiger partial charge in [-0.15, -0.1) is 0 Å². The molecule has 0 atom stereocenters. The molecule has 0 aliphatic heterocycles. The van der Waals surface area contributed by atoms with Crippen LogP contribution in [-0.2, 0) is 6.54 Å². The van der Waals surface area contributed by atoms with Crippen molar-refractivity contribution in [2.24, 2.45) is 5.92 Å². The Hall–Kier alpha value is -1.07. The van der Waals surface area contributed by atoms with Crippen molar-refractivity contribution in [1.29, 1.82) is 0 Å². The molecule has 1 aromatic heterocycles. The summed E-state index contributed by atoms with van der Waals surface area (Å²) in [6, 6.07) is 0.900. The first-order valence-corrected chi connectivity index (χ1v) is 8.79. The molecule has 0 bridgehead atoms. The average Bonchev–Trinajstić information content (AvgIpc) is 2.67. The third kappa shape index (κ3) is 5.50. The van der Waals surface area contributed by atoms with Crippen LogP contribution in [0.1, 0.15) is 57.6 Å². The van der Waals surface area contributed by atoms with E-state index in [1.807, 2.05) is 6.92 Å². The van der Waals surface area contributed by atoms with Crippen LogP contribution in [0.5, 0.6) is 0 Å². The van der Waals surface area contributed by atoms with Crippen molar-refractivity contribution in [1.82, 2.24) is 20.0 Å². The molecular formula is C17H31ClN4O. The number of carbonyl (C=O) groups is 1. The Labute approximate surface area is 145 Å². The minimum absolute atomic E-state index is 0.144. The zero-order valence-electron chi connectivity index (χ0n) is 15.5. The van der Waals surface area contributed by atoms with Crippen LogP contribution in [0.2, 0.25) is 5.15 Å². The summed E-state index contributed by atoms with van der Waals surface area (Å²) in [5.74, 6) is 0.281. The third-order valence-corrected chi connectivity index (χ3v) is 4.20. The Balaban J connectivity index is 2.70. The molecular weight excluding hydrogens is 312 g/mol. The standard InChI is InChI=1S/C17H31ClN4O/c1-11(2)10-22-16(18)15(14(7)20-22)17(23)19-8-9-21(12(3)4)13(5)6/h11-13H,8-10H2,1-7H3,(H,19,23). The number of nitrogens with one attached hydrogen (secondary N) is 1. The predicted molar refractivity (Wildman–Crippen MR) is 96.1 cm³/mol. The van der Waals surface area contributed by atoms with Crippen molar-refractivity contribution < 1.29 is 4.79 Å². The lowest BCUT2D eigenvalue weighted by atomic mass is 10.2. The first kappa shape index (κ1) is 20.0. The van der Waals surface area contributed by atoms with Crippen molar-refractivity contribution in [3.8, 4) is 0 Å². The highest BCUT2D eigenvalue weighted by Gasteiger charge is 2.21. The van der Waals surface area contributed by atoms with Gasteiger partial charge in [-0.2, -0.15) is 5.10 Å². The Morgan fingerprint density at radius 3 is 2.26 bits per heavy atom. The molecule has 5 nitrogen and oxygen atoms in total. The van der Waals surface area contributed by atoms with Gasteiger partial charge < -0.3 is 5.32 Å². The van der Waals surface area contributed by atoms with Crippen molar-refractivity contribution in [2.45, 2.75) is 67.1 Å². The number of nitrogens with zero attached hydrogens (tertiary/aromatic N) is 3. The molecule has 0 unspecified atom stereocenters. The van der Waals surface area contributed by atoms with Crippen molar-refractivity contribution >= 4 is 17.5 Å². The number of hydrogen-bond donors (Lipinski definition) is 1. The zero-order chi connectivity index (χ0) is 17.7. The molecule has 0 aliphatic carbocycles. The SMILES string of the molecule is Cc1nn(CC(C)C)c(Cl)c1C(=O)NCCN(C(C)C)C(C)C. The van der Waals surface area contributed by atoms with Crippen LogP contribution in [-0.4, -0.2) is 45.8 Å². The Bertz CT molecular complexity index is 515. The van der Waals surface area contributed by atoms with Gasteiger partial charge in [0.05, 0.1) is 11.3 Å². The maximum Gasteiger partial charge on any atom is 0.256 e. The van der Waals surface area contributed by atoms with Gasteiger partial charge in [0.1, 0.15) is 5.15 Å². The van der Waals surface area contributed by atoms with Crippen molar-refractivity contribution in [3.63, 3.8) is 0 Å². The summed E-state index contributed by atoms with van der Waals surface area (Å²) in [4.78, 5) is 14.8. The van der Waals surface area contributed by atoms with E-state index in [9.17, 15) is 4.79 Å². The topological polar surface area (TPSA) is 50.2 Å². The van der Waals surface area contributed by atoms with Crippen molar-refractivity contribution in [2.75, 3.05) is 13.1 Å². The molecule has 1 aromatic rings. The lowest BCUT2D eigenvalue weighted by Crippen LogP contribution is -2.42. The highest BCUT2D eigenvalue weighted by Crippen LogP contribution is 2.20. The zero-order valence-corrected chi connectivity index (χ0v) is 16.2. The van der Waals surface area contributed by atoms with Gasteiger partial charge in [0.25, 0.3) is 5.91 Å². The number of aryl methyl sites for hydroxylation is 1. The maximum absolute atomic E-state index is 12.4. The summed E-state index contributed by atoms with van der Waals surface area (Å²) in [5.41, 5.74) is 1.17. The van der Waals surface area contributed by atoms with Gasteiger partial charge in [0, 0.05) is 31.7 Å². The van der Waals surface area contributed by atoms with Crippen LogP contribution in [0, 0.1) is 12.8 Å². The molecule has 1 N–H and O–H groups in total. The fourth-order valence-corrected chi connectivity index (χ4v) is 3.11. The molecule has 0 aromatic carbocycles. The number of carbonyl (C=O) groups excluding carboxylic acids is 1. The normalized spacial score (nSPS) is 12.0. The number of aromatic nitrogens is 2. The summed E-state index contributed by atoms with van der Waals surface area (Å²) in [6.45, 7) is 16.8. The lowest BCUT2D eigenvalue weighted by molar-refractivity contribution is 0.0939. The number of hydrogen-bond acceptors (Lipinski definition) is 3. The van der Waals surface area contributed by atoms with Crippen LogP contribution in [0.15, 0.2) is 0 Å². The van der Waals surface area contributed by atoms with E-state index in [1.165, 1.54) is 0 Å². The molecule has 23 heavy (non-hydrogen) atoms. The van der Waals surface area contributed by atoms with Gasteiger partial charge in [-0.25, -0.2) is 0 Å². The molecule has 1 rings (SSSR count). The van der Waals surface area contributed by atoms with Gasteiger partial charge >= 0.3 is 0 Å². The largest absolute Gasteiger partial charge is 0.351 e. The minimum Gasteiger partial charge on any atom is -0.351 e. The molecule has 6 heteroatoms. The monoisotopic (exact) mass is 342 g/mol. The van der Waals surface area contributed by atoms with E-state index in [0.29, 0.717) is 47.5 Å². The summed E-state index contributed by atoms with van der Waals surface area (Å²) in [7, 11) is 0. The second kappa shape index (κ2) is 8.69. The van der Waals surface area contributed by atoms with Gasteiger partial charge in [-0.05, 0) is 40.5 Å². The predicted octanol–water partition coefficient (Wildman–Crippen LogP) is 3.35. The smallest absolute Gasteiger partial charge is 0.256 e. The average molecular weight is 343 g/mol. The van der Waals surface area contributed by atoms with E-state index in [1.54, 1.807) is 4.68 Å². The van der Waals surface area contributed by atoms with Crippen LogP contribution in [0.4, 0.5) is 0 Å². The molecule has 0 saturated heterocycles. The molecule has 0 fully saturated rings. The summed E-state index contributed by atoms with van der Waals surface area (Å²) in [6.07, 6.45) is 0. The Morgan fingerprint density at radius 1 is 1.22 bits per heavy atom. The van der Waals surface area contributed by atoms with Crippen LogP contribution >= 0.6 is 11.6 Å². The second-order valence-corrected chi connectivity index (χ2v) is 7.37. The molecule has 0 spiro atoms. The van der Waals surface area contributed by atoms with E-state index in [-0.39, 0.29) is 5.91 Å². The van der Waals surface area contributed by atoms with Gasteiger partial charge in [0.15, 0.2) is 0 Å². The molecule has 1 amide bonds. The fraction of sp³-hybridized carbons (Fsp3) is 0.765. The Morgan fingerprint density at radius 2 is 1.78 bits per heavy atom. The van der Waals surface area contributed by atoms with Gasteiger partial charge in [0.2, 0.25) is 0 Å². The van der Waals surface area contributed by atoms with E-state index in [2.05, 4.69) is 56.9 Å². The van der Waals surface area contributed by atoms with E-state index >= 15 is 0 Å². The molecule has 132 valence electrons. The second-order valence-electron chi connectivity index (χ2n) is 7.01. The van der Waals surface area contributed by atoms with Crippen LogP contribution in [0.3, 0.4) is 0 Å². The van der Waals surface area contributed by atoms with Crippen molar-refractivity contribution in [3.05, 3.63) is 16.4 Å². The highest BCUT2D eigenvalue weighted by molar-refractivity contribution is 6.33. The molecule has 0 saturated carbocycles. The summed E-state index contributed by atoms with van der Waals surface area (Å²) >= 11 is 6.34. The first-order chi connectivity index (χ1) is 10.6. The van der Waals surface area contributed by atoms with Crippen LogP contribution in [0.25, 0.3) is 0 Å². The maximum atomic E-state index is 12.4. The highest BCUT2D eigenvalue weighted by atomic mass is 35.5. The van der Waals surface area contributed by atoms with E-state index in [4.69, 9.17) is 11.6 Å². The van der Waals surface area contributed by atoms with E-state index in [0.717, 1.165) is 6.54 Å². The van der Waals surface area contributed by atoms with Crippen LogP contribution < -0.4 is 5.32 Å². The molecule has 0 radical (unpaired) electrons.